The van der Waals surface area contributed by atoms with E-state index in [4.69, 9.17) is 36.9 Å². The van der Waals surface area contributed by atoms with Gasteiger partial charge in [-0.2, -0.15) is 4.98 Å². The molecule has 0 aliphatic carbocycles. The first-order chi connectivity index (χ1) is 31.2. The Morgan fingerprint density at radius 2 is 1.48 bits per heavy atom. The minimum absolute atomic E-state index is 0.0451. The Morgan fingerprint density at radius 3 is 2.02 bits per heavy atom. The normalized spacial score (nSPS) is 17.6. The lowest BCUT2D eigenvalue weighted by molar-refractivity contribution is -0.0454. The summed E-state index contributed by atoms with van der Waals surface area (Å²) in [6.07, 6.45) is -1.50. The van der Waals surface area contributed by atoms with Crippen molar-refractivity contribution >= 4 is 44.2 Å². The van der Waals surface area contributed by atoms with Crippen LogP contribution in [-0.4, -0.2) is 76.0 Å². The SMILES string of the molecule is C=CCOC(=O)Nc1ccn([C@H]2C[C@H](OP(=O)(OCC=C)OC(C(=O)c3ccccc3)c3cc(OC)cc(OC)c3)[C@@H](CO[Si](c3ccccc3)(c3ccccc3)C(C)(C)C)O2)c(=O)n1. The Morgan fingerprint density at radius 1 is 0.892 bits per heavy atom. The second-order valence-electron chi connectivity index (χ2n) is 15.9. The largest absolute Gasteiger partial charge is 0.497 e. The molecule has 0 saturated carbocycles. The summed E-state index contributed by atoms with van der Waals surface area (Å²) >= 11 is 0. The van der Waals surface area contributed by atoms with Crippen molar-refractivity contribution in [1.82, 2.24) is 9.55 Å². The van der Waals surface area contributed by atoms with Crippen LogP contribution in [0.1, 0.15) is 55.4 Å². The van der Waals surface area contributed by atoms with Crippen molar-refractivity contribution < 1.29 is 51.1 Å². The summed E-state index contributed by atoms with van der Waals surface area (Å²) in [5, 5.41) is 3.98. The number of nitrogens with one attached hydrogen (secondary N) is 1. The Balaban J connectivity index is 1.42. The molecule has 1 aliphatic heterocycles. The molecule has 5 aromatic rings. The molecule has 2 heterocycles. The highest BCUT2D eigenvalue weighted by Gasteiger charge is 2.52. The first-order valence-corrected chi connectivity index (χ1v) is 24.2. The van der Waals surface area contributed by atoms with Gasteiger partial charge >= 0.3 is 19.6 Å². The molecule has 0 spiro atoms. The zero-order chi connectivity index (χ0) is 46.6. The van der Waals surface area contributed by atoms with Gasteiger partial charge in [-0.05, 0) is 39.2 Å². The molecule has 1 N–H and O–H groups in total. The quantitative estimate of drug-likeness (QED) is 0.0324. The lowest BCUT2D eigenvalue weighted by atomic mass is 9.99. The number of nitrogens with zero attached hydrogens (tertiary/aromatic N) is 2. The molecule has 2 unspecified atom stereocenters. The van der Waals surface area contributed by atoms with Crippen molar-refractivity contribution in [3.8, 4) is 11.5 Å². The summed E-state index contributed by atoms with van der Waals surface area (Å²) in [6.45, 7) is 13.2. The zero-order valence-corrected chi connectivity index (χ0v) is 38.9. The van der Waals surface area contributed by atoms with Crippen LogP contribution in [0.3, 0.4) is 0 Å². The van der Waals surface area contributed by atoms with E-state index in [1.165, 1.54) is 43.2 Å². The van der Waals surface area contributed by atoms with Crippen molar-refractivity contribution in [3.05, 3.63) is 168 Å². The predicted molar refractivity (Wildman–Crippen MR) is 249 cm³/mol. The van der Waals surface area contributed by atoms with Crippen LogP contribution in [0.4, 0.5) is 10.6 Å². The highest BCUT2D eigenvalue weighted by molar-refractivity contribution is 7.48. The van der Waals surface area contributed by atoms with E-state index in [1.54, 1.807) is 48.5 Å². The number of methoxy groups -OCH3 is 2. The molecule has 1 aliphatic rings. The molecule has 15 nitrogen and oxygen atoms in total. The van der Waals surface area contributed by atoms with Crippen molar-refractivity contribution in [2.75, 3.05) is 39.4 Å². The molecule has 65 heavy (non-hydrogen) atoms. The second kappa shape index (κ2) is 21.8. The summed E-state index contributed by atoms with van der Waals surface area (Å²) in [7, 11) is -5.09. The predicted octanol–water partition coefficient (Wildman–Crippen LogP) is 8.20. The van der Waals surface area contributed by atoms with Crippen LogP contribution in [0.2, 0.25) is 5.04 Å². The van der Waals surface area contributed by atoms with Crippen molar-refractivity contribution in [3.63, 3.8) is 0 Å². The number of hydrogen-bond donors (Lipinski definition) is 1. The molecule has 1 fully saturated rings. The maximum atomic E-state index is 15.3. The number of amides is 1. The molecule has 5 atom stereocenters. The highest BCUT2D eigenvalue weighted by Crippen LogP contribution is 2.57. The fraction of sp³-hybridized carbons (Fsp3) is 0.292. The smallest absolute Gasteiger partial charge is 0.476 e. The van der Waals surface area contributed by atoms with Gasteiger partial charge in [0, 0.05) is 24.2 Å². The van der Waals surface area contributed by atoms with Crippen molar-refractivity contribution in [2.45, 2.75) is 56.8 Å². The molecule has 4 aromatic carbocycles. The monoisotopic (exact) mass is 923 g/mol. The minimum atomic E-state index is -4.81. The topological polar surface area (TPSA) is 172 Å². The average molecular weight is 924 g/mol. The number of ether oxygens (including phenoxy) is 4. The number of carbonyl (C=O) groups excluding carboxylic acids is 2. The van der Waals surface area contributed by atoms with Gasteiger partial charge in [-0.25, -0.2) is 14.2 Å². The van der Waals surface area contributed by atoms with Gasteiger partial charge in [-0.15, -0.1) is 6.58 Å². The lowest BCUT2D eigenvalue weighted by Gasteiger charge is -2.43. The van der Waals surface area contributed by atoms with Gasteiger partial charge in [-0.1, -0.05) is 130 Å². The number of ketones is 1. The molecule has 0 bridgehead atoms. The first kappa shape index (κ1) is 48.5. The molecular weight excluding hydrogens is 870 g/mol. The first-order valence-electron chi connectivity index (χ1n) is 20.8. The van der Waals surface area contributed by atoms with E-state index in [0.717, 1.165) is 10.4 Å². The number of rotatable bonds is 21. The Labute approximate surface area is 379 Å². The number of benzene rings is 4. The molecule has 6 rings (SSSR count). The molecule has 17 heteroatoms. The van der Waals surface area contributed by atoms with Crippen molar-refractivity contribution in [1.29, 1.82) is 0 Å². The van der Waals surface area contributed by atoms with Gasteiger partial charge in [0.2, 0.25) is 0 Å². The van der Waals surface area contributed by atoms with E-state index >= 15 is 4.57 Å². The molecule has 1 saturated heterocycles. The molecule has 0 radical (unpaired) electrons. The van der Waals surface area contributed by atoms with Gasteiger partial charge in [-0.3, -0.25) is 28.2 Å². The molecule has 1 aromatic heterocycles. The maximum Gasteiger partial charge on any atom is 0.476 e. The van der Waals surface area contributed by atoms with Gasteiger partial charge in [0.05, 0.1) is 27.4 Å². The van der Waals surface area contributed by atoms with Crippen LogP contribution < -0.4 is 30.9 Å². The van der Waals surface area contributed by atoms with E-state index in [0.29, 0.717) is 11.5 Å². The Kier molecular flexibility index (Phi) is 16.3. The van der Waals surface area contributed by atoms with Crippen LogP contribution in [0.15, 0.2) is 152 Å². The van der Waals surface area contributed by atoms with E-state index in [2.05, 4.69) is 44.2 Å². The van der Waals surface area contributed by atoms with Crippen LogP contribution in [0.5, 0.6) is 11.5 Å². The molecule has 1 amide bonds. The number of anilines is 1. The lowest BCUT2D eigenvalue weighted by Crippen LogP contribution is -2.67. The summed E-state index contributed by atoms with van der Waals surface area (Å²) in [6, 6.07) is 34.5. The van der Waals surface area contributed by atoms with Crippen LogP contribution >= 0.6 is 7.82 Å². The summed E-state index contributed by atoms with van der Waals surface area (Å²) in [5.41, 5.74) is -0.270. The number of phosphoric acid groups is 1. The van der Waals surface area contributed by atoms with Crippen LogP contribution in [0, 0.1) is 0 Å². The number of hydrogen-bond acceptors (Lipinski definition) is 13. The third kappa shape index (κ3) is 11.7. The van der Waals surface area contributed by atoms with E-state index in [9.17, 15) is 14.4 Å². The van der Waals surface area contributed by atoms with E-state index in [-0.39, 0.29) is 43.2 Å². The summed E-state index contributed by atoms with van der Waals surface area (Å²) in [5.74, 6) is 0.0756. The second-order valence-corrected chi connectivity index (χ2v) is 21.8. The van der Waals surface area contributed by atoms with Gasteiger partial charge in [0.25, 0.3) is 8.32 Å². The fourth-order valence-corrected chi connectivity index (χ4v) is 13.7. The van der Waals surface area contributed by atoms with Gasteiger partial charge in [0.15, 0.2) is 11.9 Å². The Hall–Kier alpha value is -5.97. The third-order valence-corrected chi connectivity index (χ3v) is 17.1. The molecule has 342 valence electrons. The summed E-state index contributed by atoms with van der Waals surface area (Å²) in [4.78, 5) is 44.3. The third-order valence-electron chi connectivity index (χ3n) is 10.6. The number of Topliss-reactive ketones (excluding diaryl/α,β-unsaturated/α-hetero) is 1. The van der Waals surface area contributed by atoms with E-state index in [1.807, 2.05) is 60.7 Å². The van der Waals surface area contributed by atoms with Gasteiger partial charge < -0.3 is 23.4 Å². The maximum absolute atomic E-state index is 15.3. The van der Waals surface area contributed by atoms with Gasteiger partial charge in [0.1, 0.15) is 42.4 Å². The Bertz CT molecular complexity index is 2460. The van der Waals surface area contributed by atoms with Crippen LogP contribution in [-0.2, 0) is 32.0 Å². The standard InChI is InChI=1S/C48H54N3O12PSi/c1-8-27-58-47(54)50-42-25-26-51(46(53)49-42)43-32-40(41(61-43)33-60-65(48(3,4)5,38-21-15-11-16-22-38)39-23-17-12-18-24-39)62-64(55,59-28-9-2)63-45(44(52)34-19-13-10-14-20-34)35-29-36(56-6)31-37(30-35)57-7/h8-26,29-31,40-41,43,45H,1-2,27-28,32-33H2,3-7H3,(H,49,50,53,54)/t40-,41+,43+,45?,64?/m0/s1. The minimum Gasteiger partial charge on any atom is -0.497 e. The zero-order valence-electron chi connectivity index (χ0n) is 37.0. The van der Waals surface area contributed by atoms with E-state index < -0.39 is 63.3 Å². The van der Waals surface area contributed by atoms with Crippen molar-refractivity contribution in [2.24, 2.45) is 0 Å². The summed E-state index contributed by atoms with van der Waals surface area (Å²) < 4.78 is 65.1. The highest BCUT2D eigenvalue weighted by atomic mass is 31.2. The fourth-order valence-electron chi connectivity index (χ4n) is 7.60. The number of carbonyl (C=O) groups is 2. The molecular formula is C48H54N3O12PSi. The number of phosphoric ester groups is 1. The number of aromatic nitrogens is 2. The average Bonchev–Trinajstić information content (AvgIpc) is 3.70. The van der Waals surface area contributed by atoms with Crippen LogP contribution in [0.25, 0.3) is 0 Å².